The number of nitrogens with zero attached hydrogens (tertiary/aromatic N) is 1. The summed E-state index contributed by atoms with van der Waals surface area (Å²) in [6.45, 7) is 8.40. The van der Waals surface area contributed by atoms with Crippen molar-refractivity contribution in [1.29, 1.82) is 0 Å². The molecule has 0 bridgehead atoms. The summed E-state index contributed by atoms with van der Waals surface area (Å²) in [5.74, 6) is 0. The fraction of sp³-hybridized carbons (Fsp3) is 0.909. The highest BCUT2D eigenvalue weighted by atomic mass is 16.6. The summed E-state index contributed by atoms with van der Waals surface area (Å²) in [6, 6.07) is 0. The van der Waals surface area contributed by atoms with Crippen LogP contribution in [0.15, 0.2) is 0 Å². The molecule has 0 aromatic carbocycles. The number of carbonyl (C=O) groups excluding carboxylic acids is 1. The molecule has 0 spiro atoms. The normalized spacial score (nSPS) is 22.8. The van der Waals surface area contributed by atoms with Crippen LogP contribution in [0.2, 0.25) is 0 Å². The number of amides is 1. The Kier molecular flexibility index (Phi) is 4.56. The van der Waals surface area contributed by atoms with E-state index in [0.717, 1.165) is 13.1 Å². The maximum atomic E-state index is 11.8. The van der Waals surface area contributed by atoms with Crippen LogP contribution in [0.5, 0.6) is 0 Å². The molecule has 1 N–H and O–H groups in total. The highest BCUT2D eigenvalue weighted by molar-refractivity contribution is 5.68. The zero-order valence-corrected chi connectivity index (χ0v) is 10.6. The predicted octanol–water partition coefficient (Wildman–Crippen LogP) is 0.842. The van der Waals surface area contributed by atoms with Crippen molar-refractivity contribution in [3.05, 3.63) is 0 Å². The van der Waals surface area contributed by atoms with Gasteiger partial charge in [-0.25, -0.2) is 4.79 Å². The molecule has 1 saturated heterocycles. The fourth-order valence-corrected chi connectivity index (χ4v) is 1.53. The molecule has 1 aliphatic rings. The molecule has 1 unspecified atom stereocenters. The van der Waals surface area contributed by atoms with Gasteiger partial charge in [0.1, 0.15) is 5.60 Å². The lowest BCUT2D eigenvalue weighted by Gasteiger charge is -2.27. The van der Waals surface area contributed by atoms with Crippen molar-refractivity contribution in [3.8, 4) is 0 Å². The number of hydrogen-bond donors (Lipinski definition) is 1. The minimum atomic E-state index is -0.445. The van der Waals surface area contributed by atoms with E-state index in [1.165, 1.54) is 0 Å². The second-order valence-corrected chi connectivity index (χ2v) is 4.99. The van der Waals surface area contributed by atoms with E-state index in [1.807, 2.05) is 20.8 Å². The number of carbonyl (C=O) groups is 1. The lowest BCUT2D eigenvalue weighted by molar-refractivity contribution is 0.0137. The summed E-state index contributed by atoms with van der Waals surface area (Å²) in [5.41, 5.74) is -0.445. The monoisotopic (exact) mass is 230 g/mol. The van der Waals surface area contributed by atoms with Gasteiger partial charge >= 0.3 is 6.09 Å². The van der Waals surface area contributed by atoms with E-state index in [9.17, 15) is 4.79 Å². The van der Waals surface area contributed by atoms with Crippen molar-refractivity contribution in [3.63, 3.8) is 0 Å². The minimum Gasteiger partial charge on any atom is -0.444 e. The molecule has 0 saturated carbocycles. The molecule has 5 nitrogen and oxygen atoms in total. The van der Waals surface area contributed by atoms with Gasteiger partial charge in [-0.2, -0.15) is 0 Å². The Hall–Kier alpha value is -0.810. The largest absolute Gasteiger partial charge is 0.444 e. The highest BCUT2D eigenvalue weighted by Crippen LogP contribution is 2.11. The van der Waals surface area contributed by atoms with Crippen molar-refractivity contribution < 1.29 is 14.3 Å². The summed E-state index contributed by atoms with van der Waals surface area (Å²) in [7, 11) is 1.66. The number of ether oxygens (including phenoxy) is 2. The number of nitrogens with one attached hydrogen (secondary N) is 1. The van der Waals surface area contributed by atoms with Crippen LogP contribution in [0.25, 0.3) is 0 Å². The fourth-order valence-electron chi connectivity index (χ4n) is 1.53. The van der Waals surface area contributed by atoms with Crippen LogP contribution in [0.3, 0.4) is 0 Å². The molecule has 0 aliphatic carbocycles. The lowest BCUT2D eigenvalue weighted by atomic mass is 10.2. The van der Waals surface area contributed by atoms with Crippen LogP contribution in [-0.4, -0.2) is 56.0 Å². The molecule has 0 aromatic heterocycles. The third-order valence-electron chi connectivity index (χ3n) is 2.34. The maximum Gasteiger partial charge on any atom is 0.410 e. The van der Waals surface area contributed by atoms with Crippen molar-refractivity contribution in [2.45, 2.75) is 32.5 Å². The molecule has 1 amide bonds. The van der Waals surface area contributed by atoms with Crippen molar-refractivity contribution >= 4 is 6.09 Å². The van der Waals surface area contributed by atoms with Crippen molar-refractivity contribution in [2.24, 2.45) is 0 Å². The van der Waals surface area contributed by atoms with Crippen LogP contribution >= 0.6 is 0 Å². The molecular formula is C11H22N2O3. The van der Waals surface area contributed by atoms with Crippen molar-refractivity contribution in [1.82, 2.24) is 10.2 Å². The van der Waals surface area contributed by atoms with Crippen molar-refractivity contribution in [2.75, 3.05) is 33.3 Å². The van der Waals surface area contributed by atoms with Gasteiger partial charge in [-0.15, -0.1) is 0 Å². The number of hydrogen-bond acceptors (Lipinski definition) is 4. The van der Waals surface area contributed by atoms with Gasteiger partial charge in [0, 0.05) is 26.7 Å². The average Bonchev–Trinajstić information content (AvgIpc) is 2.39. The van der Waals surface area contributed by atoms with Crippen LogP contribution in [-0.2, 0) is 9.47 Å². The molecule has 0 radical (unpaired) electrons. The topological polar surface area (TPSA) is 50.8 Å². The first-order valence-electron chi connectivity index (χ1n) is 5.64. The smallest absolute Gasteiger partial charge is 0.410 e. The van der Waals surface area contributed by atoms with E-state index in [-0.39, 0.29) is 12.2 Å². The summed E-state index contributed by atoms with van der Waals surface area (Å²) in [4.78, 5) is 13.5. The SMILES string of the molecule is COC1CNCCN(C(=O)OC(C)(C)C)C1. The summed E-state index contributed by atoms with van der Waals surface area (Å²) < 4.78 is 10.6. The van der Waals surface area contributed by atoms with E-state index in [1.54, 1.807) is 12.0 Å². The van der Waals surface area contributed by atoms with Gasteiger partial charge in [-0.05, 0) is 20.8 Å². The van der Waals surface area contributed by atoms with E-state index >= 15 is 0 Å². The molecule has 1 atom stereocenters. The first-order chi connectivity index (χ1) is 7.42. The van der Waals surface area contributed by atoms with Gasteiger partial charge in [0.05, 0.1) is 12.6 Å². The van der Waals surface area contributed by atoms with E-state index in [4.69, 9.17) is 9.47 Å². The summed E-state index contributed by atoms with van der Waals surface area (Å²) >= 11 is 0. The van der Waals surface area contributed by atoms with Crippen LogP contribution < -0.4 is 5.32 Å². The number of methoxy groups -OCH3 is 1. The zero-order chi connectivity index (χ0) is 12.2. The van der Waals surface area contributed by atoms with Crippen LogP contribution in [0.4, 0.5) is 4.79 Å². The second kappa shape index (κ2) is 5.50. The molecule has 1 heterocycles. The first-order valence-corrected chi connectivity index (χ1v) is 5.64. The maximum absolute atomic E-state index is 11.8. The first kappa shape index (κ1) is 13.3. The Balaban J connectivity index is 2.53. The summed E-state index contributed by atoms with van der Waals surface area (Å²) in [6.07, 6.45) is -0.228. The third-order valence-corrected chi connectivity index (χ3v) is 2.34. The Morgan fingerprint density at radius 2 is 2.12 bits per heavy atom. The zero-order valence-electron chi connectivity index (χ0n) is 10.6. The molecule has 94 valence electrons. The van der Waals surface area contributed by atoms with Crippen LogP contribution in [0.1, 0.15) is 20.8 Å². The molecule has 1 fully saturated rings. The predicted molar refractivity (Wildman–Crippen MR) is 61.5 cm³/mol. The molecule has 1 rings (SSSR count). The lowest BCUT2D eigenvalue weighted by Crippen LogP contribution is -2.41. The van der Waals surface area contributed by atoms with Gasteiger partial charge < -0.3 is 19.7 Å². The van der Waals surface area contributed by atoms with Gasteiger partial charge in [0.25, 0.3) is 0 Å². The Labute approximate surface area is 97.1 Å². The van der Waals surface area contributed by atoms with Gasteiger partial charge in [0.15, 0.2) is 0 Å². The quantitative estimate of drug-likeness (QED) is 0.725. The molecule has 0 aromatic rings. The second-order valence-electron chi connectivity index (χ2n) is 4.99. The molecule has 5 heteroatoms. The molecule has 16 heavy (non-hydrogen) atoms. The summed E-state index contributed by atoms with van der Waals surface area (Å²) in [5, 5.41) is 3.22. The average molecular weight is 230 g/mol. The minimum absolute atomic E-state index is 0.0371. The number of rotatable bonds is 1. The van der Waals surface area contributed by atoms with Crippen LogP contribution in [0, 0.1) is 0 Å². The standard InChI is InChI=1S/C11H22N2O3/c1-11(2,3)16-10(14)13-6-5-12-7-9(8-13)15-4/h9,12H,5-8H2,1-4H3. The van der Waals surface area contributed by atoms with E-state index in [2.05, 4.69) is 5.32 Å². The Morgan fingerprint density at radius 3 is 2.69 bits per heavy atom. The molecular weight excluding hydrogens is 208 g/mol. The molecule has 1 aliphatic heterocycles. The highest BCUT2D eigenvalue weighted by Gasteiger charge is 2.25. The van der Waals surface area contributed by atoms with E-state index in [0.29, 0.717) is 13.1 Å². The van der Waals surface area contributed by atoms with Gasteiger partial charge in [-0.3, -0.25) is 0 Å². The Morgan fingerprint density at radius 1 is 1.44 bits per heavy atom. The Bertz CT molecular complexity index is 238. The van der Waals surface area contributed by atoms with Gasteiger partial charge in [0.2, 0.25) is 0 Å². The van der Waals surface area contributed by atoms with E-state index < -0.39 is 5.60 Å². The third kappa shape index (κ3) is 4.37. The van der Waals surface area contributed by atoms with Gasteiger partial charge in [-0.1, -0.05) is 0 Å².